The number of para-hydroxylation sites is 1. The zero-order valence-electron chi connectivity index (χ0n) is 12.8. The summed E-state index contributed by atoms with van der Waals surface area (Å²) in [6, 6.07) is 10.3. The van der Waals surface area contributed by atoms with Crippen LogP contribution in [-0.4, -0.2) is 64.7 Å². The Kier molecular flexibility index (Phi) is 4.75. The number of aliphatic hydroxyl groups is 1. The van der Waals surface area contributed by atoms with Crippen LogP contribution in [0.3, 0.4) is 0 Å². The molecule has 0 radical (unpaired) electrons. The van der Waals surface area contributed by atoms with Gasteiger partial charge in [0.25, 0.3) is 0 Å². The molecule has 1 saturated heterocycles. The molecule has 1 aromatic heterocycles. The van der Waals surface area contributed by atoms with E-state index in [0.717, 1.165) is 32.7 Å². The number of hydrogen-bond acceptors (Lipinski definition) is 3. The molecule has 22 heavy (non-hydrogen) atoms. The zero-order chi connectivity index (χ0) is 15.4. The van der Waals surface area contributed by atoms with E-state index in [-0.39, 0.29) is 12.5 Å². The monoisotopic (exact) mass is 301 g/mol. The van der Waals surface area contributed by atoms with Crippen molar-refractivity contribution in [3.8, 4) is 0 Å². The molecule has 1 aliphatic heterocycles. The zero-order valence-corrected chi connectivity index (χ0v) is 12.8. The van der Waals surface area contributed by atoms with Gasteiger partial charge in [-0.3, -0.25) is 9.69 Å². The van der Waals surface area contributed by atoms with E-state index in [2.05, 4.69) is 33.9 Å². The van der Waals surface area contributed by atoms with Gasteiger partial charge in [-0.2, -0.15) is 0 Å². The number of aryl methyl sites for hydroxylation is 1. The molecular formula is C17H23N3O2. The summed E-state index contributed by atoms with van der Waals surface area (Å²) in [5.74, 6) is 0.224. The second kappa shape index (κ2) is 6.94. The van der Waals surface area contributed by atoms with E-state index < -0.39 is 0 Å². The number of nitrogens with zero attached hydrogens (tertiary/aromatic N) is 3. The van der Waals surface area contributed by atoms with Crippen molar-refractivity contribution >= 4 is 16.8 Å². The second-order valence-corrected chi connectivity index (χ2v) is 5.76. The fourth-order valence-electron chi connectivity index (χ4n) is 3.07. The quantitative estimate of drug-likeness (QED) is 0.902. The molecular weight excluding hydrogens is 278 g/mol. The number of aromatic nitrogens is 1. The second-order valence-electron chi connectivity index (χ2n) is 5.76. The third-order valence-electron chi connectivity index (χ3n) is 4.39. The minimum atomic E-state index is 0.189. The third-order valence-corrected chi connectivity index (χ3v) is 4.39. The molecule has 0 atom stereocenters. The summed E-state index contributed by atoms with van der Waals surface area (Å²) in [6.07, 6.45) is 2.59. The van der Waals surface area contributed by atoms with Gasteiger partial charge in [-0.15, -0.1) is 0 Å². The number of aliphatic hydroxyl groups excluding tert-OH is 1. The highest BCUT2D eigenvalue weighted by molar-refractivity contribution is 5.80. The van der Waals surface area contributed by atoms with E-state index in [4.69, 9.17) is 5.11 Å². The van der Waals surface area contributed by atoms with Gasteiger partial charge in [0.15, 0.2) is 0 Å². The molecule has 2 heterocycles. The lowest BCUT2D eigenvalue weighted by Gasteiger charge is -2.34. The molecule has 5 heteroatoms. The van der Waals surface area contributed by atoms with E-state index in [1.807, 2.05) is 17.0 Å². The predicted octanol–water partition coefficient (Wildman–Crippen LogP) is 1.17. The van der Waals surface area contributed by atoms with Crippen molar-refractivity contribution in [2.24, 2.45) is 0 Å². The van der Waals surface area contributed by atoms with Gasteiger partial charge in [0.1, 0.15) is 0 Å². The highest BCUT2D eigenvalue weighted by Crippen LogP contribution is 2.15. The summed E-state index contributed by atoms with van der Waals surface area (Å²) in [5.41, 5.74) is 1.18. The lowest BCUT2D eigenvalue weighted by Crippen LogP contribution is -2.49. The molecule has 118 valence electrons. The molecule has 5 nitrogen and oxygen atoms in total. The SMILES string of the molecule is O=C(CCn1ccc2ccccc21)N1CCN(CCO)CC1. The summed E-state index contributed by atoms with van der Waals surface area (Å²) < 4.78 is 2.15. The molecule has 1 N–H and O–H groups in total. The van der Waals surface area contributed by atoms with E-state index in [1.54, 1.807) is 0 Å². The van der Waals surface area contributed by atoms with Crippen LogP contribution in [0.1, 0.15) is 6.42 Å². The standard InChI is InChI=1S/C17H23N3O2/c21-14-13-18-9-11-20(12-10-18)17(22)6-8-19-7-5-15-3-1-2-4-16(15)19/h1-5,7,21H,6,8-14H2. The van der Waals surface area contributed by atoms with Gasteiger partial charge >= 0.3 is 0 Å². The minimum Gasteiger partial charge on any atom is -0.395 e. The Bertz CT molecular complexity index is 630. The van der Waals surface area contributed by atoms with Crippen LogP contribution in [0.5, 0.6) is 0 Å². The molecule has 0 aliphatic carbocycles. The summed E-state index contributed by atoms with van der Waals surface area (Å²) in [6.45, 7) is 4.88. The van der Waals surface area contributed by atoms with Crippen LogP contribution in [0.4, 0.5) is 0 Å². The molecule has 1 aromatic carbocycles. The summed E-state index contributed by atoms with van der Waals surface area (Å²) in [7, 11) is 0. The van der Waals surface area contributed by atoms with Crippen LogP contribution >= 0.6 is 0 Å². The first kappa shape index (κ1) is 15.1. The first-order valence-electron chi connectivity index (χ1n) is 7.93. The molecule has 1 fully saturated rings. The smallest absolute Gasteiger partial charge is 0.224 e. The fourth-order valence-corrected chi connectivity index (χ4v) is 3.07. The largest absolute Gasteiger partial charge is 0.395 e. The highest BCUT2D eigenvalue weighted by atomic mass is 16.3. The maximum Gasteiger partial charge on any atom is 0.224 e. The number of rotatable bonds is 5. The van der Waals surface area contributed by atoms with Gasteiger partial charge < -0.3 is 14.6 Å². The number of carbonyl (C=O) groups excluding carboxylic acids is 1. The number of amides is 1. The van der Waals surface area contributed by atoms with Crippen molar-refractivity contribution in [2.75, 3.05) is 39.3 Å². The van der Waals surface area contributed by atoms with Crippen molar-refractivity contribution in [2.45, 2.75) is 13.0 Å². The van der Waals surface area contributed by atoms with E-state index >= 15 is 0 Å². The van der Waals surface area contributed by atoms with E-state index in [9.17, 15) is 4.79 Å². The first-order valence-corrected chi connectivity index (χ1v) is 7.93. The first-order chi connectivity index (χ1) is 10.8. The van der Waals surface area contributed by atoms with Gasteiger partial charge in [0.2, 0.25) is 5.91 Å². The Balaban J connectivity index is 1.52. The molecule has 0 saturated carbocycles. The summed E-state index contributed by atoms with van der Waals surface area (Å²) in [4.78, 5) is 16.5. The van der Waals surface area contributed by atoms with Gasteiger partial charge in [-0.25, -0.2) is 0 Å². The average Bonchev–Trinajstić information content (AvgIpc) is 2.97. The minimum absolute atomic E-state index is 0.189. The fraction of sp³-hybridized carbons (Fsp3) is 0.471. The van der Waals surface area contributed by atoms with Gasteiger partial charge in [0.05, 0.1) is 6.61 Å². The molecule has 2 aromatic rings. The van der Waals surface area contributed by atoms with Crippen molar-refractivity contribution in [1.82, 2.24) is 14.4 Å². The van der Waals surface area contributed by atoms with Gasteiger partial charge in [0, 0.05) is 57.4 Å². The Morgan fingerprint density at radius 1 is 1.05 bits per heavy atom. The lowest BCUT2D eigenvalue weighted by atomic mass is 10.2. The van der Waals surface area contributed by atoms with Crippen LogP contribution in [0.25, 0.3) is 10.9 Å². The Labute approximate surface area is 130 Å². The number of hydrogen-bond donors (Lipinski definition) is 1. The lowest BCUT2D eigenvalue weighted by molar-refractivity contribution is -0.133. The maximum atomic E-state index is 12.3. The predicted molar refractivity (Wildman–Crippen MR) is 86.7 cm³/mol. The maximum absolute atomic E-state index is 12.3. The topological polar surface area (TPSA) is 48.7 Å². The number of β-amino-alcohol motifs (C(OH)–C–C–N with tert-alkyl or cyclic N) is 1. The van der Waals surface area contributed by atoms with Crippen LogP contribution < -0.4 is 0 Å². The van der Waals surface area contributed by atoms with Crippen LogP contribution in [0.2, 0.25) is 0 Å². The Morgan fingerprint density at radius 3 is 2.59 bits per heavy atom. The number of benzene rings is 1. The molecule has 0 spiro atoms. The summed E-state index contributed by atoms with van der Waals surface area (Å²) in [5, 5.41) is 10.2. The molecule has 1 amide bonds. The molecule has 0 bridgehead atoms. The van der Waals surface area contributed by atoms with Gasteiger partial charge in [-0.05, 0) is 17.5 Å². The van der Waals surface area contributed by atoms with Crippen LogP contribution in [-0.2, 0) is 11.3 Å². The molecule has 0 unspecified atom stereocenters. The van der Waals surface area contributed by atoms with Crippen LogP contribution in [0, 0.1) is 0 Å². The van der Waals surface area contributed by atoms with Crippen molar-refractivity contribution < 1.29 is 9.90 Å². The van der Waals surface area contributed by atoms with Gasteiger partial charge in [-0.1, -0.05) is 18.2 Å². The van der Waals surface area contributed by atoms with Crippen molar-refractivity contribution in [3.05, 3.63) is 36.5 Å². The normalized spacial score (nSPS) is 16.3. The number of carbonyl (C=O) groups is 1. The van der Waals surface area contributed by atoms with E-state index in [1.165, 1.54) is 10.9 Å². The molecule has 3 rings (SSSR count). The molecule has 1 aliphatic rings. The summed E-state index contributed by atoms with van der Waals surface area (Å²) >= 11 is 0. The average molecular weight is 301 g/mol. The number of fused-ring (bicyclic) bond motifs is 1. The van der Waals surface area contributed by atoms with E-state index in [0.29, 0.717) is 13.0 Å². The highest BCUT2D eigenvalue weighted by Gasteiger charge is 2.20. The Hall–Kier alpha value is -1.85. The van der Waals surface area contributed by atoms with Crippen molar-refractivity contribution in [1.29, 1.82) is 0 Å². The Morgan fingerprint density at radius 2 is 1.82 bits per heavy atom. The van der Waals surface area contributed by atoms with Crippen molar-refractivity contribution in [3.63, 3.8) is 0 Å². The van der Waals surface area contributed by atoms with Crippen LogP contribution in [0.15, 0.2) is 36.5 Å². The number of piperazine rings is 1. The third kappa shape index (κ3) is 3.31.